The number of nitrogens with zero attached hydrogens (tertiary/aromatic N) is 6. The second-order valence-electron chi connectivity index (χ2n) is 10.9. The maximum absolute atomic E-state index is 5.09. The topological polar surface area (TPSA) is 61.4 Å². The van der Waals surface area contributed by atoms with E-state index in [0.717, 1.165) is 71.5 Å². The Labute approximate surface area is 266 Å². The van der Waals surface area contributed by atoms with Crippen molar-refractivity contribution in [1.82, 2.24) is 29.1 Å². The Morgan fingerprint density at radius 3 is 2.09 bits per heavy atom. The molecule has 0 aliphatic rings. The van der Waals surface area contributed by atoms with Gasteiger partial charge in [-0.3, -0.25) is 4.98 Å². The predicted octanol–water partition coefficient (Wildman–Crippen LogP) is 9.65. The van der Waals surface area contributed by atoms with E-state index in [1.54, 1.807) is 22.7 Å². The average Bonchev–Trinajstić information content (AvgIpc) is 3.91. The van der Waals surface area contributed by atoms with Crippen LogP contribution in [0.15, 0.2) is 126 Å². The summed E-state index contributed by atoms with van der Waals surface area (Å²) in [5, 5.41) is 8.41. The van der Waals surface area contributed by atoms with Crippen molar-refractivity contribution < 1.29 is 0 Å². The van der Waals surface area contributed by atoms with Gasteiger partial charge in [0.15, 0.2) is 0 Å². The number of pyridine rings is 1. The van der Waals surface area contributed by atoms with Gasteiger partial charge in [-0.2, -0.15) is 0 Å². The number of aryl methyl sites for hydroxylation is 1. The Kier molecular flexibility index (Phi) is 5.97. The van der Waals surface area contributed by atoms with E-state index in [4.69, 9.17) is 4.98 Å². The third-order valence-corrected chi connectivity index (χ3v) is 9.95. The Hall–Kier alpha value is -5.44. The maximum Gasteiger partial charge on any atom is 0.140 e. The Morgan fingerprint density at radius 1 is 0.556 bits per heavy atom. The van der Waals surface area contributed by atoms with E-state index in [1.807, 2.05) is 41.5 Å². The van der Waals surface area contributed by atoms with Crippen molar-refractivity contribution in [2.75, 3.05) is 0 Å². The third kappa shape index (κ3) is 4.29. The van der Waals surface area contributed by atoms with Crippen LogP contribution >= 0.6 is 22.7 Å². The van der Waals surface area contributed by atoms with Crippen LogP contribution in [0.1, 0.15) is 0 Å². The summed E-state index contributed by atoms with van der Waals surface area (Å²) in [6, 6.07) is 34.4. The number of hydrogen-bond acceptors (Lipinski definition) is 6. The van der Waals surface area contributed by atoms with E-state index in [1.165, 1.54) is 10.8 Å². The lowest BCUT2D eigenvalue weighted by Crippen LogP contribution is -1.97. The first-order valence-electron chi connectivity index (χ1n) is 14.6. The van der Waals surface area contributed by atoms with Crippen molar-refractivity contribution in [2.45, 2.75) is 0 Å². The first-order chi connectivity index (χ1) is 22.2. The van der Waals surface area contributed by atoms with Gasteiger partial charge in [0.1, 0.15) is 15.8 Å². The minimum atomic E-state index is 0.922. The fourth-order valence-electron chi connectivity index (χ4n) is 6.25. The van der Waals surface area contributed by atoms with Crippen LogP contribution in [0.4, 0.5) is 0 Å². The molecule has 0 bridgehead atoms. The SMILES string of the molecule is Cn1c(-c2ccc3c4ccccc4n(-c4cc(-c5ccccn5)cc(-c5nccs5)c4)c3c2)nc2ccc(-c3nccs3)cc21. The summed E-state index contributed by atoms with van der Waals surface area (Å²) in [5.41, 5.74) is 10.6. The lowest BCUT2D eigenvalue weighted by molar-refractivity contribution is 0.959. The minimum absolute atomic E-state index is 0.922. The van der Waals surface area contributed by atoms with E-state index in [2.05, 4.69) is 116 Å². The zero-order valence-corrected chi connectivity index (χ0v) is 25.8. The quantitative estimate of drug-likeness (QED) is 0.193. The molecule has 9 rings (SSSR count). The fraction of sp³-hybridized carbons (Fsp3) is 0.0270. The lowest BCUT2D eigenvalue weighted by Gasteiger charge is -2.13. The van der Waals surface area contributed by atoms with E-state index >= 15 is 0 Å². The normalized spacial score (nSPS) is 11.7. The Morgan fingerprint density at radius 2 is 1.29 bits per heavy atom. The number of thiazole rings is 2. The number of imidazole rings is 1. The number of hydrogen-bond donors (Lipinski definition) is 0. The summed E-state index contributed by atoms with van der Waals surface area (Å²) < 4.78 is 4.55. The average molecular weight is 617 g/mol. The van der Waals surface area contributed by atoms with Crippen LogP contribution in [-0.4, -0.2) is 29.1 Å². The zero-order chi connectivity index (χ0) is 29.9. The van der Waals surface area contributed by atoms with E-state index in [9.17, 15) is 0 Å². The molecule has 214 valence electrons. The number of fused-ring (bicyclic) bond motifs is 4. The molecule has 0 N–H and O–H groups in total. The van der Waals surface area contributed by atoms with Crippen LogP contribution in [0.5, 0.6) is 0 Å². The van der Waals surface area contributed by atoms with Gasteiger partial charge in [-0.15, -0.1) is 22.7 Å². The highest BCUT2D eigenvalue weighted by Crippen LogP contribution is 2.38. The van der Waals surface area contributed by atoms with Gasteiger partial charge in [0, 0.05) is 75.1 Å². The van der Waals surface area contributed by atoms with Gasteiger partial charge in [-0.1, -0.05) is 36.4 Å². The molecule has 0 fully saturated rings. The largest absolute Gasteiger partial charge is 0.327 e. The summed E-state index contributed by atoms with van der Waals surface area (Å²) in [7, 11) is 2.09. The molecular formula is C37H24N6S2. The molecule has 0 aliphatic carbocycles. The van der Waals surface area contributed by atoms with Crippen LogP contribution < -0.4 is 0 Å². The van der Waals surface area contributed by atoms with Gasteiger partial charge in [0.25, 0.3) is 0 Å². The molecule has 0 amide bonds. The summed E-state index contributed by atoms with van der Waals surface area (Å²) in [6.45, 7) is 0. The summed E-state index contributed by atoms with van der Waals surface area (Å²) in [6.07, 6.45) is 5.55. The highest BCUT2D eigenvalue weighted by Gasteiger charge is 2.18. The van der Waals surface area contributed by atoms with Gasteiger partial charge in [-0.05, 0) is 60.7 Å². The lowest BCUT2D eigenvalue weighted by atomic mass is 10.1. The van der Waals surface area contributed by atoms with E-state index in [-0.39, 0.29) is 0 Å². The predicted molar refractivity (Wildman–Crippen MR) is 186 cm³/mol. The molecule has 0 aliphatic heterocycles. The Bertz CT molecular complexity index is 2490. The van der Waals surface area contributed by atoms with Crippen LogP contribution in [0.25, 0.3) is 82.3 Å². The fourth-order valence-corrected chi connectivity index (χ4v) is 7.51. The molecule has 0 spiro atoms. The molecule has 5 aromatic heterocycles. The van der Waals surface area contributed by atoms with Gasteiger partial charge in [0.2, 0.25) is 0 Å². The van der Waals surface area contributed by atoms with Crippen LogP contribution in [-0.2, 0) is 7.05 Å². The standard InChI is InChI=1S/C37H24N6S2/c1-42-34-22-24(36-39-14-16-44-36)10-12-31(34)41-35(42)23-9-11-29-28-6-2-3-8-32(28)43(33(29)21-23)27-19-25(30-7-4-5-13-38-30)18-26(20-27)37-40-15-17-45-37/h2-22H,1H3. The van der Waals surface area contributed by atoms with Gasteiger partial charge in [-0.25, -0.2) is 15.0 Å². The molecule has 5 heterocycles. The monoisotopic (exact) mass is 616 g/mol. The molecule has 0 saturated heterocycles. The molecule has 6 nitrogen and oxygen atoms in total. The second kappa shape index (κ2) is 10.3. The van der Waals surface area contributed by atoms with Crippen molar-refractivity contribution in [3.8, 4) is 49.5 Å². The molecule has 0 saturated carbocycles. The zero-order valence-electron chi connectivity index (χ0n) is 24.1. The number of rotatable bonds is 5. The summed E-state index contributed by atoms with van der Waals surface area (Å²) >= 11 is 3.29. The summed E-state index contributed by atoms with van der Waals surface area (Å²) in [5.74, 6) is 0.922. The van der Waals surface area contributed by atoms with Crippen LogP contribution in [0.3, 0.4) is 0 Å². The maximum atomic E-state index is 5.09. The van der Waals surface area contributed by atoms with Gasteiger partial charge >= 0.3 is 0 Å². The molecule has 45 heavy (non-hydrogen) atoms. The summed E-state index contributed by atoms with van der Waals surface area (Å²) in [4.78, 5) is 18.9. The molecular weight excluding hydrogens is 593 g/mol. The second-order valence-corrected chi connectivity index (χ2v) is 12.7. The molecule has 9 aromatic rings. The van der Waals surface area contributed by atoms with Crippen molar-refractivity contribution in [3.05, 3.63) is 126 Å². The van der Waals surface area contributed by atoms with Crippen molar-refractivity contribution in [3.63, 3.8) is 0 Å². The van der Waals surface area contributed by atoms with Crippen molar-refractivity contribution in [2.24, 2.45) is 7.05 Å². The first-order valence-corrected chi connectivity index (χ1v) is 16.3. The molecule has 0 atom stereocenters. The van der Waals surface area contributed by atoms with Crippen molar-refractivity contribution >= 4 is 55.5 Å². The highest BCUT2D eigenvalue weighted by atomic mass is 32.1. The minimum Gasteiger partial charge on any atom is -0.327 e. The van der Waals surface area contributed by atoms with Crippen molar-refractivity contribution in [1.29, 1.82) is 0 Å². The molecule has 0 radical (unpaired) electrons. The first kappa shape index (κ1) is 26.0. The molecule has 4 aromatic carbocycles. The van der Waals surface area contributed by atoms with E-state index in [0.29, 0.717) is 0 Å². The van der Waals surface area contributed by atoms with Crippen LogP contribution in [0.2, 0.25) is 0 Å². The van der Waals surface area contributed by atoms with Crippen LogP contribution in [0, 0.1) is 0 Å². The highest BCUT2D eigenvalue weighted by molar-refractivity contribution is 7.13. The Balaban J connectivity index is 1.28. The number of aromatic nitrogens is 6. The number of para-hydroxylation sites is 1. The van der Waals surface area contributed by atoms with Gasteiger partial charge < -0.3 is 9.13 Å². The third-order valence-electron chi connectivity index (χ3n) is 8.31. The smallest absolute Gasteiger partial charge is 0.140 e. The molecule has 8 heteroatoms. The number of benzene rings is 4. The van der Waals surface area contributed by atoms with Gasteiger partial charge in [0.05, 0.1) is 27.8 Å². The van der Waals surface area contributed by atoms with E-state index < -0.39 is 0 Å². The molecule has 0 unspecified atom stereocenters.